The van der Waals surface area contributed by atoms with Crippen LogP contribution in [0, 0.1) is 0 Å². The second-order valence-corrected chi connectivity index (χ2v) is 6.99. The number of hydrogen-bond donors (Lipinski definition) is 2. The van der Waals surface area contributed by atoms with Crippen LogP contribution in [0.3, 0.4) is 0 Å². The number of ether oxygens (including phenoxy) is 2. The van der Waals surface area contributed by atoms with Crippen LogP contribution in [-0.4, -0.2) is 36.1 Å². The van der Waals surface area contributed by atoms with Gasteiger partial charge in [0.05, 0.1) is 25.3 Å². The van der Waals surface area contributed by atoms with Gasteiger partial charge in [-0.05, 0) is 42.3 Å². The van der Waals surface area contributed by atoms with E-state index in [0.29, 0.717) is 28.4 Å². The van der Waals surface area contributed by atoms with Crippen LogP contribution in [0.4, 0.5) is 5.82 Å². The van der Waals surface area contributed by atoms with Gasteiger partial charge in [0.25, 0.3) is 5.91 Å². The van der Waals surface area contributed by atoms with Gasteiger partial charge in [0.1, 0.15) is 11.5 Å². The van der Waals surface area contributed by atoms with E-state index in [0.717, 1.165) is 22.0 Å². The van der Waals surface area contributed by atoms with Gasteiger partial charge in [0, 0.05) is 17.0 Å². The van der Waals surface area contributed by atoms with Crippen molar-refractivity contribution in [3.8, 4) is 22.6 Å². The Kier molecular flexibility index (Phi) is 5.41. The fourth-order valence-corrected chi connectivity index (χ4v) is 3.35. The molecule has 1 heterocycles. The number of Topliss-reactive ketones (excluding diaryl/α,β-unsaturated/α-hetero) is 1. The second-order valence-electron chi connectivity index (χ2n) is 6.99. The molecule has 0 unspecified atom stereocenters. The number of aromatic nitrogens is 2. The molecule has 4 aromatic rings. The number of H-pyrrole nitrogens is 1. The number of hydrogen-bond acceptors (Lipinski definition) is 5. The highest BCUT2D eigenvalue weighted by atomic mass is 16.5. The van der Waals surface area contributed by atoms with Crippen molar-refractivity contribution >= 4 is 28.4 Å². The van der Waals surface area contributed by atoms with Crippen LogP contribution >= 0.6 is 0 Å². The van der Waals surface area contributed by atoms with Gasteiger partial charge in [-0.25, -0.2) is 0 Å². The number of nitrogens with zero attached hydrogens (tertiary/aromatic N) is 1. The van der Waals surface area contributed by atoms with Crippen LogP contribution in [0.2, 0.25) is 0 Å². The Morgan fingerprint density at radius 3 is 2.32 bits per heavy atom. The Balaban J connectivity index is 1.60. The molecular formula is C24H21N3O4. The standard InChI is InChI=1S/C24H21N3O4/c1-14(28)15-4-6-16(7-5-15)17-8-10-19-21(12-17)26-27-23(19)25-24(29)20-11-9-18(30-2)13-22(20)31-3/h4-13H,1-3H3,(H2,25,26,27,29). The Morgan fingerprint density at radius 1 is 0.903 bits per heavy atom. The number of nitrogens with one attached hydrogen (secondary N) is 2. The van der Waals surface area contributed by atoms with E-state index in [4.69, 9.17) is 9.47 Å². The summed E-state index contributed by atoms with van der Waals surface area (Å²) >= 11 is 0. The quantitative estimate of drug-likeness (QED) is 0.445. The lowest BCUT2D eigenvalue weighted by Crippen LogP contribution is -2.13. The van der Waals surface area contributed by atoms with E-state index in [9.17, 15) is 9.59 Å². The summed E-state index contributed by atoms with van der Waals surface area (Å²) in [4.78, 5) is 24.3. The minimum Gasteiger partial charge on any atom is -0.497 e. The van der Waals surface area contributed by atoms with Crippen molar-refractivity contribution in [2.24, 2.45) is 0 Å². The number of carbonyl (C=O) groups is 2. The topological polar surface area (TPSA) is 93.3 Å². The molecular weight excluding hydrogens is 394 g/mol. The molecule has 1 aromatic heterocycles. The van der Waals surface area contributed by atoms with Gasteiger partial charge in [-0.3, -0.25) is 14.7 Å². The van der Waals surface area contributed by atoms with Crippen molar-refractivity contribution in [2.75, 3.05) is 19.5 Å². The zero-order valence-electron chi connectivity index (χ0n) is 17.4. The zero-order valence-corrected chi connectivity index (χ0v) is 17.4. The zero-order chi connectivity index (χ0) is 22.0. The summed E-state index contributed by atoms with van der Waals surface area (Å²) in [6.07, 6.45) is 0. The van der Waals surface area contributed by atoms with Crippen molar-refractivity contribution in [3.05, 3.63) is 71.8 Å². The number of fused-ring (bicyclic) bond motifs is 1. The number of ketones is 1. The van der Waals surface area contributed by atoms with Crippen LogP contribution in [-0.2, 0) is 0 Å². The summed E-state index contributed by atoms with van der Waals surface area (Å²) in [7, 11) is 3.05. The number of aromatic amines is 1. The van der Waals surface area contributed by atoms with Gasteiger partial charge in [0.15, 0.2) is 11.6 Å². The van der Waals surface area contributed by atoms with Crippen LogP contribution in [0.5, 0.6) is 11.5 Å². The first-order chi connectivity index (χ1) is 15.0. The SMILES string of the molecule is COc1ccc(C(=O)Nc2n[nH]c3cc(-c4ccc(C(C)=O)cc4)ccc23)c(OC)c1. The van der Waals surface area contributed by atoms with Crippen molar-refractivity contribution in [3.63, 3.8) is 0 Å². The average molecular weight is 415 g/mol. The van der Waals surface area contributed by atoms with Crippen LogP contribution in [0.15, 0.2) is 60.7 Å². The highest BCUT2D eigenvalue weighted by Crippen LogP contribution is 2.29. The molecule has 156 valence electrons. The lowest BCUT2D eigenvalue weighted by molar-refractivity contribution is 0.101. The molecule has 0 atom stereocenters. The van der Waals surface area contributed by atoms with Crippen molar-refractivity contribution < 1.29 is 19.1 Å². The summed E-state index contributed by atoms with van der Waals surface area (Å²) < 4.78 is 10.5. The molecule has 7 nitrogen and oxygen atoms in total. The third-order valence-corrected chi connectivity index (χ3v) is 5.07. The molecule has 0 saturated carbocycles. The third-order valence-electron chi connectivity index (χ3n) is 5.07. The summed E-state index contributed by atoms with van der Waals surface area (Å²) in [5.74, 6) is 1.13. The van der Waals surface area contributed by atoms with Crippen LogP contribution < -0.4 is 14.8 Å². The van der Waals surface area contributed by atoms with E-state index in [-0.39, 0.29) is 11.7 Å². The van der Waals surface area contributed by atoms with E-state index in [2.05, 4.69) is 15.5 Å². The van der Waals surface area contributed by atoms with E-state index in [1.54, 1.807) is 32.2 Å². The molecule has 0 radical (unpaired) electrons. The van der Waals surface area contributed by atoms with Gasteiger partial charge < -0.3 is 14.8 Å². The van der Waals surface area contributed by atoms with Gasteiger partial charge in [-0.1, -0.05) is 30.3 Å². The fourth-order valence-electron chi connectivity index (χ4n) is 3.35. The molecule has 1 amide bonds. The first-order valence-corrected chi connectivity index (χ1v) is 9.63. The molecule has 4 rings (SSSR count). The number of anilines is 1. The molecule has 0 aliphatic carbocycles. The Labute approximate surface area is 179 Å². The summed E-state index contributed by atoms with van der Waals surface area (Å²) in [5.41, 5.74) is 3.79. The molecule has 31 heavy (non-hydrogen) atoms. The van der Waals surface area contributed by atoms with Gasteiger partial charge in [0.2, 0.25) is 0 Å². The number of carbonyl (C=O) groups excluding carboxylic acids is 2. The van der Waals surface area contributed by atoms with Gasteiger partial charge >= 0.3 is 0 Å². The number of benzene rings is 3. The Bertz CT molecular complexity index is 1280. The van der Waals surface area contributed by atoms with Gasteiger partial charge in [-0.15, -0.1) is 0 Å². The summed E-state index contributed by atoms with van der Waals surface area (Å²) in [5, 5.41) is 10.8. The molecule has 0 saturated heterocycles. The molecule has 0 aliphatic rings. The van der Waals surface area contributed by atoms with Crippen LogP contribution in [0.1, 0.15) is 27.6 Å². The van der Waals surface area contributed by atoms with E-state index in [1.807, 2.05) is 42.5 Å². The number of methoxy groups -OCH3 is 2. The first-order valence-electron chi connectivity index (χ1n) is 9.63. The van der Waals surface area contributed by atoms with E-state index in [1.165, 1.54) is 7.11 Å². The predicted octanol–water partition coefficient (Wildman–Crippen LogP) is 4.70. The number of amides is 1. The smallest absolute Gasteiger partial charge is 0.260 e. The minimum absolute atomic E-state index is 0.0319. The Morgan fingerprint density at radius 2 is 1.65 bits per heavy atom. The van der Waals surface area contributed by atoms with Gasteiger partial charge in [-0.2, -0.15) is 5.10 Å². The normalized spacial score (nSPS) is 10.7. The molecule has 0 spiro atoms. The maximum absolute atomic E-state index is 12.8. The van der Waals surface area contributed by atoms with E-state index >= 15 is 0 Å². The van der Waals surface area contributed by atoms with Crippen molar-refractivity contribution in [1.29, 1.82) is 0 Å². The first kappa shape index (κ1) is 20.2. The molecule has 2 N–H and O–H groups in total. The monoisotopic (exact) mass is 415 g/mol. The average Bonchev–Trinajstić information content (AvgIpc) is 3.20. The van der Waals surface area contributed by atoms with E-state index < -0.39 is 0 Å². The highest BCUT2D eigenvalue weighted by Gasteiger charge is 2.16. The maximum Gasteiger partial charge on any atom is 0.260 e. The molecule has 7 heteroatoms. The lowest BCUT2D eigenvalue weighted by Gasteiger charge is -2.10. The molecule has 3 aromatic carbocycles. The fraction of sp³-hybridized carbons (Fsp3) is 0.125. The van der Waals surface area contributed by atoms with Crippen molar-refractivity contribution in [2.45, 2.75) is 6.92 Å². The summed E-state index contributed by atoms with van der Waals surface area (Å²) in [6.45, 7) is 1.54. The highest BCUT2D eigenvalue weighted by molar-refractivity contribution is 6.09. The largest absolute Gasteiger partial charge is 0.497 e. The molecule has 0 fully saturated rings. The summed E-state index contributed by atoms with van der Waals surface area (Å²) in [6, 6.07) is 18.2. The molecule has 0 aliphatic heterocycles. The second kappa shape index (κ2) is 8.31. The Hall–Kier alpha value is -4.13. The van der Waals surface area contributed by atoms with Crippen molar-refractivity contribution in [1.82, 2.24) is 10.2 Å². The maximum atomic E-state index is 12.8. The minimum atomic E-state index is -0.336. The van der Waals surface area contributed by atoms with Crippen LogP contribution in [0.25, 0.3) is 22.0 Å². The third kappa shape index (κ3) is 3.98. The number of rotatable bonds is 6. The lowest BCUT2D eigenvalue weighted by atomic mass is 10.0. The molecule has 0 bridgehead atoms. The predicted molar refractivity (Wildman–Crippen MR) is 119 cm³/mol.